The molecule has 2 rings (SSSR count). The first-order valence-corrected chi connectivity index (χ1v) is 7.79. The van der Waals surface area contributed by atoms with Gasteiger partial charge in [0.15, 0.2) is 11.0 Å². The highest BCUT2D eigenvalue weighted by Gasteiger charge is 2.21. The molecule has 0 atom stereocenters. The Morgan fingerprint density at radius 2 is 2.14 bits per heavy atom. The van der Waals surface area contributed by atoms with Gasteiger partial charge in [0.2, 0.25) is 0 Å². The number of hydrogen-bond donors (Lipinski definition) is 2. The van der Waals surface area contributed by atoms with Gasteiger partial charge in [-0.05, 0) is 32.8 Å². The van der Waals surface area contributed by atoms with E-state index < -0.39 is 5.91 Å². The van der Waals surface area contributed by atoms with Crippen molar-refractivity contribution in [2.45, 2.75) is 32.7 Å². The van der Waals surface area contributed by atoms with Gasteiger partial charge < -0.3 is 11.1 Å². The van der Waals surface area contributed by atoms with Gasteiger partial charge in [-0.3, -0.25) is 9.69 Å². The zero-order valence-corrected chi connectivity index (χ0v) is 13.7. The summed E-state index contributed by atoms with van der Waals surface area (Å²) in [6, 6.07) is 1.71. The smallest absolute Gasteiger partial charge is 0.252 e. The summed E-state index contributed by atoms with van der Waals surface area (Å²) in [4.78, 5) is 13.9. The normalized spacial score (nSPS) is 16.3. The Kier molecular flexibility index (Phi) is 5.74. The zero-order chi connectivity index (χ0) is 16.1. The minimum atomic E-state index is -0.555. The van der Waals surface area contributed by atoms with Gasteiger partial charge in [0.05, 0.1) is 5.56 Å². The van der Waals surface area contributed by atoms with Crippen molar-refractivity contribution in [1.82, 2.24) is 15.1 Å². The van der Waals surface area contributed by atoms with Crippen molar-refractivity contribution in [3.63, 3.8) is 0 Å². The van der Waals surface area contributed by atoms with E-state index in [-0.39, 0.29) is 16.8 Å². The number of nitrogens with two attached hydrogens (primary N) is 1. The van der Waals surface area contributed by atoms with E-state index in [4.69, 9.17) is 17.3 Å². The maximum absolute atomic E-state index is 11.5. The van der Waals surface area contributed by atoms with Crippen molar-refractivity contribution in [3.05, 3.63) is 28.4 Å². The molecule has 1 saturated heterocycles. The Balaban J connectivity index is 1.94. The van der Waals surface area contributed by atoms with Gasteiger partial charge in [-0.25, -0.2) is 0 Å². The van der Waals surface area contributed by atoms with Crippen LogP contribution in [0.4, 0.5) is 5.82 Å². The largest absolute Gasteiger partial charge is 0.365 e. The number of halogens is 1. The van der Waals surface area contributed by atoms with Gasteiger partial charge in [-0.2, -0.15) is 0 Å². The van der Waals surface area contributed by atoms with E-state index in [1.165, 1.54) is 11.6 Å². The molecular weight excluding hydrogens is 302 g/mol. The van der Waals surface area contributed by atoms with Gasteiger partial charge in [0, 0.05) is 25.7 Å². The van der Waals surface area contributed by atoms with Crippen LogP contribution in [0.2, 0.25) is 5.15 Å². The van der Waals surface area contributed by atoms with E-state index in [1.807, 2.05) is 0 Å². The molecule has 1 aliphatic heterocycles. The Hall–Kier alpha value is -1.66. The average molecular weight is 324 g/mol. The third-order valence-electron chi connectivity index (χ3n) is 3.72. The van der Waals surface area contributed by atoms with Crippen LogP contribution in [0.5, 0.6) is 0 Å². The molecule has 0 aliphatic carbocycles. The third-order valence-corrected chi connectivity index (χ3v) is 3.90. The van der Waals surface area contributed by atoms with Gasteiger partial charge in [-0.1, -0.05) is 23.3 Å². The first kappa shape index (κ1) is 16.7. The van der Waals surface area contributed by atoms with Crippen LogP contribution in [0.1, 0.15) is 37.0 Å². The number of nitrogens with one attached hydrogen (secondary N) is 1. The first-order chi connectivity index (χ1) is 10.5. The standard InChI is InChI=1S/C15H22ClN5O/c1-10(2)3-6-21-7-4-11(5-8-21)18-15-12(14(17)22)9-13(16)19-20-15/h3,9,11H,4-8H2,1-2H3,(H2,17,22)(H,18,20). The number of hydrogen-bond acceptors (Lipinski definition) is 5. The Morgan fingerprint density at radius 3 is 2.73 bits per heavy atom. The minimum absolute atomic E-state index is 0.163. The van der Waals surface area contributed by atoms with Crippen LogP contribution < -0.4 is 11.1 Å². The minimum Gasteiger partial charge on any atom is -0.365 e. The van der Waals surface area contributed by atoms with Crippen molar-refractivity contribution in [2.24, 2.45) is 5.73 Å². The summed E-state index contributed by atoms with van der Waals surface area (Å²) >= 11 is 5.76. The highest BCUT2D eigenvalue weighted by Crippen LogP contribution is 2.19. The van der Waals surface area contributed by atoms with Gasteiger partial charge in [0.25, 0.3) is 5.91 Å². The lowest BCUT2D eigenvalue weighted by molar-refractivity contribution is 0.100. The molecule has 1 amide bonds. The molecule has 0 aromatic carbocycles. The molecule has 120 valence electrons. The topological polar surface area (TPSA) is 84.1 Å². The van der Waals surface area contributed by atoms with Crippen molar-refractivity contribution < 1.29 is 4.79 Å². The zero-order valence-electron chi connectivity index (χ0n) is 13.0. The summed E-state index contributed by atoms with van der Waals surface area (Å²) < 4.78 is 0. The lowest BCUT2D eigenvalue weighted by Crippen LogP contribution is -2.39. The number of amides is 1. The summed E-state index contributed by atoms with van der Waals surface area (Å²) in [5.41, 5.74) is 6.98. The number of likely N-dealkylation sites (tertiary alicyclic amines) is 1. The summed E-state index contributed by atoms with van der Waals surface area (Å²) in [5.74, 6) is -0.139. The predicted octanol–water partition coefficient (Wildman–Crippen LogP) is 2.07. The molecule has 1 aromatic heterocycles. The molecule has 0 bridgehead atoms. The second kappa shape index (κ2) is 7.56. The highest BCUT2D eigenvalue weighted by atomic mass is 35.5. The number of rotatable bonds is 5. The van der Waals surface area contributed by atoms with Gasteiger partial charge >= 0.3 is 0 Å². The number of primary amides is 1. The van der Waals surface area contributed by atoms with Crippen LogP contribution in [0.25, 0.3) is 0 Å². The summed E-state index contributed by atoms with van der Waals surface area (Å²) in [5, 5.41) is 11.2. The van der Waals surface area contributed by atoms with Crippen LogP contribution in [-0.2, 0) is 0 Å². The van der Waals surface area contributed by atoms with Gasteiger partial charge in [0.1, 0.15) is 0 Å². The molecule has 6 nitrogen and oxygen atoms in total. The number of piperidine rings is 1. The number of allylic oxidation sites excluding steroid dienone is 1. The summed E-state index contributed by atoms with van der Waals surface area (Å²) in [6.07, 6.45) is 4.21. The SMILES string of the molecule is CC(C)=CCN1CCC(Nc2nnc(Cl)cc2C(N)=O)CC1. The van der Waals surface area contributed by atoms with E-state index in [0.717, 1.165) is 32.5 Å². The monoisotopic (exact) mass is 323 g/mol. The number of carbonyl (C=O) groups is 1. The highest BCUT2D eigenvalue weighted by molar-refractivity contribution is 6.29. The molecule has 0 unspecified atom stereocenters. The van der Waals surface area contributed by atoms with Crippen molar-refractivity contribution in [3.8, 4) is 0 Å². The number of carbonyl (C=O) groups excluding carboxylic acids is 1. The molecule has 7 heteroatoms. The fraction of sp³-hybridized carbons (Fsp3) is 0.533. The molecule has 0 saturated carbocycles. The van der Waals surface area contributed by atoms with Crippen molar-refractivity contribution >= 4 is 23.3 Å². The number of anilines is 1. The van der Waals surface area contributed by atoms with E-state index in [0.29, 0.717) is 5.82 Å². The van der Waals surface area contributed by atoms with Crippen LogP contribution in [0.3, 0.4) is 0 Å². The number of nitrogens with zero attached hydrogens (tertiary/aromatic N) is 3. The van der Waals surface area contributed by atoms with Crippen LogP contribution in [-0.4, -0.2) is 46.7 Å². The fourth-order valence-electron chi connectivity index (χ4n) is 2.43. The predicted molar refractivity (Wildman–Crippen MR) is 88.1 cm³/mol. The lowest BCUT2D eigenvalue weighted by Gasteiger charge is -2.32. The van der Waals surface area contributed by atoms with E-state index in [1.54, 1.807) is 0 Å². The second-order valence-corrected chi connectivity index (χ2v) is 6.18. The molecule has 2 heterocycles. The summed E-state index contributed by atoms with van der Waals surface area (Å²) in [7, 11) is 0. The first-order valence-electron chi connectivity index (χ1n) is 7.41. The van der Waals surface area contributed by atoms with Crippen molar-refractivity contribution in [2.75, 3.05) is 25.0 Å². The summed E-state index contributed by atoms with van der Waals surface area (Å²) in [6.45, 7) is 7.23. The van der Waals surface area contributed by atoms with Gasteiger partial charge in [-0.15, -0.1) is 10.2 Å². The Bertz CT molecular complexity index is 563. The fourth-order valence-corrected chi connectivity index (χ4v) is 2.57. The third kappa shape index (κ3) is 4.68. The molecule has 1 aliphatic rings. The van der Waals surface area contributed by atoms with Crippen LogP contribution >= 0.6 is 11.6 Å². The van der Waals surface area contributed by atoms with E-state index >= 15 is 0 Å². The molecule has 3 N–H and O–H groups in total. The Labute approximate surface area is 135 Å². The number of aromatic nitrogens is 2. The molecule has 0 radical (unpaired) electrons. The average Bonchev–Trinajstić information content (AvgIpc) is 2.48. The van der Waals surface area contributed by atoms with Crippen LogP contribution in [0, 0.1) is 0 Å². The Morgan fingerprint density at radius 1 is 1.45 bits per heavy atom. The molecule has 1 aromatic rings. The quantitative estimate of drug-likeness (QED) is 0.810. The maximum atomic E-state index is 11.5. The van der Waals surface area contributed by atoms with E-state index in [9.17, 15) is 4.79 Å². The molecular formula is C15H22ClN5O. The molecule has 0 spiro atoms. The molecule has 22 heavy (non-hydrogen) atoms. The van der Waals surface area contributed by atoms with Crippen molar-refractivity contribution in [1.29, 1.82) is 0 Å². The lowest BCUT2D eigenvalue weighted by atomic mass is 10.0. The second-order valence-electron chi connectivity index (χ2n) is 5.79. The maximum Gasteiger partial charge on any atom is 0.252 e. The van der Waals surface area contributed by atoms with E-state index in [2.05, 4.69) is 40.3 Å². The molecule has 1 fully saturated rings. The van der Waals surface area contributed by atoms with Crippen LogP contribution in [0.15, 0.2) is 17.7 Å².